The summed E-state index contributed by atoms with van der Waals surface area (Å²) in [5.74, 6) is 1.10. The number of nitrogens with zero attached hydrogens (tertiary/aromatic N) is 1. The number of hydrogen-bond acceptors (Lipinski definition) is 4. The molecule has 0 aromatic heterocycles. The quantitative estimate of drug-likeness (QED) is 0.553. The molecule has 0 unspecified atom stereocenters. The molecule has 2 aromatic carbocycles. The Bertz CT molecular complexity index is 939. The highest BCUT2D eigenvalue weighted by atomic mass is 32.2. The molecular formula is C24H34N2O4S. The Morgan fingerprint density at radius 1 is 1.06 bits per heavy atom. The van der Waals surface area contributed by atoms with Gasteiger partial charge in [0.25, 0.3) is 0 Å². The van der Waals surface area contributed by atoms with Gasteiger partial charge in [-0.1, -0.05) is 43.7 Å². The number of rotatable bonds is 11. The summed E-state index contributed by atoms with van der Waals surface area (Å²) < 4.78 is 31.1. The summed E-state index contributed by atoms with van der Waals surface area (Å²) in [6, 6.07) is 15.0. The van der Waals surface area contributed by atoms with Crippen molar-refractivity contribution in [1.82, 2.24) is 5.32 Å². The number of carbonyl (C=O) groups is 1. The molecule has 0 bridgehead atoms. The van der Waals surface area contributed by atoms with Gasteiger partial charge in [-0.05, 0) is 55.5 Å². The van der Waals surface area contributed by atoms with E-state index in [1.165, 1.54) is 10.6 Å². The smallest absolute Gasteiger partial charge is 0.232 e. The molecule has 0 heterocycles. The van der Waals surface area contributed by atoms with Crippen LogP contribution in [0.3, 0.4) is 0 Å². The molecule has 0 fully saturated rings. The van der Waals surface area contributed by atoms with E-state index in [1.807, 2.05) is 43.3 Å². The summed E-state index contributed by atoms with van der Waals surface area (Å²) in [5.41, 5.74) is 2.70. The van der Waals surface area contributed by atoms with E-state index in [1.54, 1.807) is 19.2 Å². The molecule has 6 nitrogen and oxygen atoms in total. The fourth-order valence-corrected chi connectivity index (χ4v) is 4.40. The number of sulfonamides is 1. The van der Waals surface area contributed by atoms with E-state index in [0.717, 1.165) is 23.3 Å². The number of methoxy groups -OCH3 is 1. The highest BCUT2D eigenvalue weighted by molar-refractivity contribution is 7.92. The highest BCUT2D eigenvalue weighted by Gasteiger charge is 2.19. The van der Waals surface area contributed by atoms with Crippen LogP contribution in [0.5, 0.6) is 5.75 Å². The first-order valence-corrected chi connectivity index (χ1v) is 12.4. The molecule has 0 spiro atoms. The largest absolute Gasteiger partial charge is 0.497 e. The van der Waals surface area contributed by atoms with Crippen molar-refractivity contribution in [2.24, 2.45) is 5.92 Å². The number of nitrogens with one attached hydrogen (secondary N) is 1. The Hall–Kier alpha value is -2.54. The molecule has 1 atom stereocenters. The molecule has 7 heteroatoms. The van der Waals surface area contributed by atoms with Gasteiger partial charge in [0, 0.05) is 13.0 Å². The highest BCUT2D eigenvalue weighted by Crippen LogP contribution is 2.24. The molecule has 0 saturated carbocycles. The van der Waals surface area contributed by atoms with Crippen molar-refractivity contribution in [2.75, 3.05) is 24.2 Å². The van der Waals surface area contributed by atoms with E-state index >= 15 is 0 Å². The van der Waals surface area contributed by atoms with Crippen molar-refractivity contribution in [3.8, 4) is 5.75 Å². The van der Waals surface area contributed by atoms with E-state index in [-0.39, 0.29) is 24.9 Å². The van der Waals surface area contributed by atoms with Gasteiger partial charge in [-0.15, -0.1) is 0 Å². The van der Waals surface area contributed by atoms with Crippen molar-refractivity contribution in [1.29, 1.82) is 0 Å². The van der Waals surface area contributed by atoms with E-state index in [4.69, 9.17) is 4.74 Å². The maximum Gasteiger partial charge on any atom is 0.232 e. The van der Waals surface area contributed by atoms with Gasteiger partial charge in [0.15, 0.2) is 0 Å². The molecule has 0 saturated heterocycles. The first-order chi connectivity index (χ1) is 14.6. The molecule has 0 aliphatic carbocycles. The summed E-state index contributed by atoms with van der Waals surface area (Å²) in [7, 11) is -1.80. The summed E-state index contributed by atoms with van der Waals surface area (Å²) in [6.07, 6.45) is 2.69. The maximum absolute atomic E-state index is 12.6. The van der Waals surface area contributed by atoms with Gasteiger partial charge in [-0.25, -0.2) is 8.42 Å². The minimum atomic E-state index is -3.43. The number of hydrogen-bond donors (Lipinski definition) is 1. The number of anilines is 1. The third-order valence-electron chi connectivity index (χ3n) is 5.05. The topological polar surface area (TPSA) is 75.7 Å². The lowest BCUT2D eigenvalue weighted by Crippen LogP contribution is -2.33. The molecule has 0 aliphatic rings. The minimum absolute atomic E-state index is 0.0844. The summed E-state index contributed by atoms with van der Waals surface area (Å²) in [6.45, 7) is 6.45. The van der Waals surface area contributed by atoms with Crippen LogP contribution in [0.4, 0.5) is 5.69 Å². The van der Waals surface area contributed by atoms with Crippen LogP contribution in [0.25, 0.3) is 0 Å². The van der Waals surface area contributed by atoms with E-state index in [0.29, 0.717) is 18.0 Å². The first-order valence-electron chi connectivity index (χ1n) is 10.6. The van der Waals surface area contributed by atoms with Gasteiger partial charge >= 0.3 is 0 Å². The molecule has 2 aromatic rings. The van der Waals surface area contributed by atoms with Crippen molar-refractivity contribution in [3.63, 3.8) is 0 Å². The van der Waals surface area contributed by atoms with Gasteiger partial charge < -0.3 is 10.1 Å². The third-order valence-corrected chi connectivity index (χ3v) is 6.24. The van der Waals surface area contributed by atoms with Gasteiger partial charge in [0.05, 0.1) is 25.1 Å². The Kier molecular flexibility index (Phi) is 8.92. The van der Waals surface area contributed by atoms with Crippen LogP contribution in [0.1, 0.15) is 50.3 Å². The van der Waals surface area contributed by atoms with Gasteiger partial charge in [0.1, 0.15) is 5.75 Å². The molecular weight excluding hydrogens is 412 g/mol. The Labute approximate surface area is 186 Å². The lowest BCUT2D eigenvalue weighted by Gasteiger charge is -2.24. The van der Waals surface area contributed by atoms with Crippen molar-refractivity contribution >= 4 is 21.6 Å². The molecule has 1 N–H and O–H groups in total. The van der Waals surface area contributed by atoms with Crippen LogP contribution in [0.15, 0.2) is 48.5 Å². The van der Waals surface area contributed by atoms with Crippen LogP contribution in [-0.4, -0.2) is 34.2 Å². The van der Waals surface area contributed by atoms with Crippen LogP contribution >= 0.6 is 0 Å². The molecule has 170 valence electrons. The predicted molar refractivity (Wildman–Crippen MR) is 126 cm³/mol. The molecule has 0 radical (unpaired) electrons. The second-order valence-electron chi connectivity index (χ2n) is 8.30. The molecule has 2 rings (SSSR count). The van der Waals surface area contributed by atoms with Crippen LogP contribution < -0.4 is 14.4 Å². The fourth-order valence-electron chi connectivity index (χ4n) is 3.43. The van der Waals surface area contributed by atoms with Crippen molar-refractivity contribution < 1.29 is 17.9 Å². The number of amides is 1. The third kappa shape index (κ3) is 7.90. The normalized spacial score (nSPS) is 12.5. The number of benzene rings is 2. The standard InChI is InChI=1S/C24H34N2O4S/c1-18(2)17-23(20-10-14-22(30-4)15-11-20)25-24(27)7-6-16-26(31(5,28)29)21-12-8-19(3)9-13-21/h8-15,18,23H,6-7,16-17H2,1-5H3,(H,25,27)/t23-/m1/s1. The zero-order chi connectivity index (χ0) is 23.0. The van der Waals surface area contributed by atoms with Gasteiger partial charge in [0.2, 0.25) is 15.9 Å². The lowest BCUT2D eigenvalue weighted by atomic mass is 9.96. The molecule has 0 aliphatic heterocycles. The molecule has 1 amide bonds. The van der Waals surface area contributed by atoms with E-state index in [2.05, 4.69) is 19.2 Å². The van der Waals surface area contributed by atoms with Gasteiger partial charge in [-0.3, -0.25) is 9.10 Å². The lowest BCUT2D eigenvalue weighted by molar-refractivity contribution is -0.122. The van der Waals surface area contributed by atoms with Crippen LogP contribution in [0, 0.1) is 12.8 Å². The first kappa shape index (κ1) is 24.7. The molecule has 31 heavy (non-hydrogen) atoms. The van der Waals surface area contributed by atoms with E-state index in [9.17, 15) is 13.2 Å². The average molecular weight is 447 g/mol. The van der Waals surface area contributed by atoms with E-state index < -0.39 is 10.0 Å². The van der Waals surface area contributed by atoms with Crippen LogP contribution in [-0.2, 0) is 14.8 Å². The van der Waals surface area contributed by atoms with Crippen molar-refractivity contribution in [3.05, 3.63) is 59.7 Å². The number of ether oxygens (including phenoxy) is 1. The predicted octanol–water partition coefficient (Wildman–Crippen LogP) is 4.45. The monoisotopic (exact) mass is 446 g/mol. The fraction of sp³-hybridized carbons (Fsp3) is 0.458. The Balaban J connectivity index is 2.00. The average Bonchev–Trinajstić information content (AvgIpc) is 2.70. The van der Waals surface area contributed by atoms with Crippen LogP contribution in [0.2, 0.25) is 0 Å². The zero-order valence-corrected chi connectivity index (χ0v) is 19.9. The minimum Gasteiger partial charge on any atom is -0.497 e. The Morgan fingerprint density at radius 2 is 1.68 bits per heavy atom. The maximum atomic E-state index is 12.6. The summed E-state index contributed by atoms with van der Waals surface area (Å²) >= 11 is 0. The summed E-state index contributed by atoms with van der Waals surface area (Å²) in [4.78, 5) is 12.6. The summed E-state index contributed by atoms with van der Waals surface area (Å²) in [5, 5.41) is 3.11. The second-order valence-corrected chi connectivity index (χ2v) is 10.2. The number of carbonyl (C=O) groups excluding carboxylic acids is 1. The second kappa shape index (κ2) is 11.2. The Morgan fingerprint density at radius 3 is 2.19 bits per heavy atom. The SMILES string of the molecule is COc1ccc([C@@H](CC(C)C)NC(=O)CCCN(c2ccc(C)cc2)S(C)(=O)=O)cc1. The zero-order valence-electron chi connectivity index (χ0n) is 19.1. The number of aryl methyl sites for hydroxylation is 1. The van der Waals surface area contributed by atoms with Gasteiger partial charge in [-0.2, -0.15) is 0 Å². The van der Waals surface area contributed by atoms with Crippen molar-refractivity contribution in [2.45, 2.75) is 46.1 Å².